The van der Waals surface area contributed by atoms with Gasteiger partial charge < -0.3 is 10.6 Å². The van der Waals surface area contributed by atoms with Crippen LogP contribution in [0.3, 0.4) is 0 Å². The predicted molar refractivity (Wildman–Crippen MR) is 127 cm³/mol. The molecule has 0 aliphatic heterocycles. The van der Waals surface area contributed by atoms with Gasteiger partial charge in [-0.2, -0.15) is 5.10 Å². The lowest BCUT2D eigenvalue weighted by Gasteiger charge is -2.15. The van der Waals surface area contributed by atoms with E-state index in [1.54, 1.807) is 19.2 Å². The van der Waals surface area contributed by atoms with E-state index in [0.29, 0.717) is 19.0 Å². The first kappa shape index (κ1) is 22.9. The van der Waals surface area contributed by atoms with Crippen LogP contribution < -0.4 is 10.6 Å². The number of nitrogens with zero attached hydrogens (tertiary/aromatic N) is 3. The van der Waals surface area contributed by atoms with E-state index in [9.17, 15) is 4.39 Å². The van der Waals surface area contributed by atoms with Crippen molar-refractivity contribution < 1.29 is 4.39 Å². The smallest absolute Gasteiger partial charge is 0.191 e. The molecule has 3 rings (SSSR count). The molecule has 0 bridgehead atoms. The molecule has 1 heterocycles. The minimum absolute atomic E-state index is 0. The number of aromatic nitrogens is 2. The van der Waals surface area contributed by atoms with Crippen LogP contribution in [0.5, 0.6) is 0 Å². The molecule has 0 radical (unpaired) electrons. The van der Waals surface area contributed by atoms with Crippen molar-refractivity contribution in [2.24, 2.45) is 4.99 Å². The summed E-state index contributed by atoms with van der Waals surface area (Å²) in [6, 6.07) is 16.9. The Kier molecular flexibility index (Phi) is 8.63. The largest absolute Gasteiger partial charge is 0.356 e. The highest BCUT2D eigenvalue weighted by Gasteiger charge is 2.09. The summed E-state index contributed by atoms with van der Waals surface area (Å²) in [5.74, 6) is 0.500. The number of hydrogen-bond acceptors (Lipinski definition) is 2. The highest BCUT2D eigenvalue weighted by Crippen LogP contribution is 2.16. The number of hydrogen-bond donors (Lipinski definition) is 2. The van der Waals surface area contributed by atoms with Crippen molar-refractivity contribution in [1.29, 1.82) is 0 Å². The van der Waals surface area contributed by atoms with Gasteiger partial charge >= 0.3 is 0 Å². The summed E-state index contributed by atoms with van der Waals surface area (Å²) in [6.07, 6.45) is 0.723. The van der Waals surface area contributed by atoms with E-state index in [0.717, 1.165) is 34.6 Å². The molecule has 0 aliphatic rings. The molecule has 0 aliphatic carbocycles. The van der Waals surface area contributed by atoms with Crippen LogP contribution in [0.25, 0.3) is 5.69 Å². The van der Waals surface area contributed by atoms with E-state index in [4.69, 9.17) is 0 Å². The number of rotatable bonds is 6. The van der Waals surface area contributed by atoms with Gasteiger partial charge in [-0.15, -0.1) is 24.0 Å². The minimum Gasteiger partial charge on any atom is -0.356 e. The summed E-state index contributed by atoms with van der Waals surface area (Å²) < 4.78 is 15.2. The lowest BCUT2D eigenvalue weighted by atomic mass is 10.1. The average Bonchev–Trinajstić information content (AvgIpc) is 3.02. The summed E-state index contributed by atoms with van der Waals surface area (Å²) in [5, 5.41) is 11.2. The maximum absolute atomic E-state index is 13.3. The Hall–Kier alpha value is -2.42. The van der Waals surface area contributed by atoms with Gasteiger partial charge in [-0.1, -0.05) is 30.3 Å². The maximum Gasteiger partial charge on any atom is 0.191 e. The fourth-order valence-electron chi connectivity index (χ4n) is 3.16. The molecule has 2 N–H and O–H groups in total. The van der Waals surface area contributed by atoms with Gasteiger partial charge in [0.1, 0.15) is 5.82 Å². The summed E-state index contributed by atoms with van der Waals surface area (Å²) in [4.78, 5) is 4.27. The van der Waals surface area contributed by atoms with E-state index in [2.05, 4.69) is 45.8 Å². The highest BCUT2D eigenvalue weighted by molar-refractivity contribution is 14.0. The molecule has 5 nitrogen and oxygen atoms in total. The van der Waals surface area contributed by atoms with Gasteiger partial charge in [0.05, 0.1) is 11.4 Å². The lowest BCUT2D eigenvalue weighted by molar-refractivity contribution is 0.625. The number of benzene rings is 2. The molecule has 0 spiro atoms. The molecule has 3 aromatic rings. The molecular formula is C22H27FIN5. The molecule has 0 fully saturated rings. The molecule has 2 aromatic carbocycles. The Balaban J connectivity index is 0.00000300. The quantitative estimate of drug-likeness (QED) is 0.300. The second kappa shape index (κ2) is 10.9. The topological polar surface area (TPSA) is 54.2 Å². The van der Waals surface area contributed by atoms with Crippen molar-refractivity contribution in [3.8, 4) is 5.69 Å². The Bertz CT molecular complexity index is 967. The van der Waals surface area contributed by atoms with Crippen molar-refractivity contribution >= 4 is 29.9 Å². The van der Waals surface area contributed by atoms with Crippen molar-refractivity contribution in [1.82, 2.24) is 20.4 Å². The summed E-state index contributed by atoms with van der Waals surface area (Å²) in [7, 11) is 1.74. The molecule has 0 saturated heterocycles. The van der Waals surface area contributed by atoms with Gasteiger partial charge in [0.2, 0.25) is 0 Å². The summed E-state index contributed by atoms with van der Waals surface area (Å²) in [5.41, 5.74) is 5.23. The molecule has 1 aromatic heterocycles. The molecular weight excluding hydrogens is 480 g/mol. The van der Waals surface area contributed by atoms with Crippen LogP contribution in [0.1, 0.15) is 22.5 Å². The Morgan fingerprint density at radius 3 is 2.55 bits per heavy atom. The fourth-order valence-corrected chi connectivity index (χ4v) is 3.16. The maximum atomic E-state index is 13.3. The number of nitrogens with one attached hydrogen (secondary N) is 2. The third kappa shape index (κ3) is 6.28. The zero-order valence-corrected chi connectivity index (χ0v) is 19.3. The van der Waals surface area contributed by atoms with E-state index < -0.39 is 0 Å². The van der Waals surface area contributed by atoms with Gasteiger partial charge in [-0.3, -0.25) is 4.99 Å². The van der Waals surface area contributed by atoms with Gasteiger partial charge in [-0.05, 0) is 55.7 Å². The fraction of sp³-hybridized carbons (Fsp3) is 0.273. The van der Waals surface area contributed by atoms with Gasteiger partial charge in [0.25, 0.3) is 0 Å². The third-order valence-corrected chi connectivity index (χ3v) is 4.49. The first-order chi connectivity index (χ1) is 13.6. The predicted octanol–water partition coefficient (Wildman–Crippen LogP) is 4.15. The van der Waals surface area contributed by atoms with Crippen molar-refractivity contribution in [2.45, 2.75) is 26.8 Å². The number of aliphatic imine (C=N–C) groups is 1. The van der Waals surface area contributed by atoms with Gasteiger partial charge in [0.15, 0.2) is 5.96 Å². The van der Waals surface area contributed by atoms with E-state index in [1.165, 1.54) is 6.07 Å². The van der Waals surface area contributed by atoms with Gasteiger partial charge in [-0.25, -0.2) is 9.07 Å². The van der Waals surface area contributed by atoms with Crippen LogP contribution >= 0.6 is 24.0 Å². The van der Waals surface area contributed by atoms with Crippen LogP contribution in [0.2, 0.25) is 0 Å². The SMILES string of the molecule is CN=C(NCCc1cccc(F)c1)NCc1ccccc1-n1nc(C)cc1C.I. The normalized spacial score (nSPS) is 11.1. The zero-order chi connectivity index (χ0) is 19.9. The van der Waals surface area contributed by atoms with Gasteiger partial charge in [0, 0.05) is 25.8 Å². The van der Waals surface area contributed by atoms with Crippen molar-refractivity contribution in [3.05, 3.63) is 82.9 Å². The summed E-state index contributed by atoms with van der Waals surface area (Å²) >= 11 is 0. The molecule has 154 valence electrons. The second-order valence-electron chi connectivity index (χ2n) is 6.70. The van der Waals surface area contributed by atoms with Crippen molar-refractivity contribution in [3.63, 3.8) is 0 Å². The number of para-hydroxylation sites is 1. The number of aryl methyl sites for hydroxylation is 2. The van der Waals surface area contributed by atoms with Crippen LogP contribution in [-0.2, 0) is 13.0 Å². The van der Waals surface area contributed by atoms with Crippen LogP contribution in [-0.4, -0.2) is 29.3 Å². The minimum atomic E-state index is -0.208. The van der Waals surface area contributed by atoms with Crippen LogP contribution in [0.4, 0.5) is 4.39 Å². The molecule has 0 atom stereocenters. The molecule has 0 amide bonds. The first-order valence-corrected chi connectivity index (χ1v) is 9.37. The highest BCUT2D eigenvalue weighted by atomic mass is 127. The lowest BCUT2D eigenvalue weighted by Crippen LogP contribution is -2.38. The zero-order valence-electron chi connectivity index (χ0n) is 16.9. The average molecular weight is 507 g/mol. The standard InChI is InChI=1S/C22H26FN5.HI/c1-16-13-17(2)28(27-16)21-10-5-4-8-19(21)15-26-22(24-3)25-12-11-18-7-6-9-20(23)14-18;/h4-10,13-14H,11-12,15H2,1-3H3,(H2,24,25,26);1H. The molecule has 29 heavy (non-hydrogen) atoms. The molecule has 0 unspecified atom stereocenters. The Morgan fingerprint density at radius 1 is 1.07 bits per heavy atom. The second-order valence-corrected chi connectivity index (χ2v) is 6.70. The number of halogens is 2. The Morgan fingerprint density at radius 2 is 1.86 bits per heavy atom. The number of guanidine groups is 1. The van der Waals surface area contributed by atoms with Crippen LogP contribution in [0.15, 0.2) is 59.6 Å². The van der Waals surface area contributed by atoms with E-state index in [-0.39, 0.29) is 29.8 Å². The Labute approximate surface area is 188 Å². The van der Waals surface area contributed by atoms with E-state index in [1.807, 2.05) is 29.8 Å². The van der Waals surface area contributed by atoms with Crippen LogP contribution in [0, 0.1) is 19.7 Å². The van der Waals surface area contributed by atoms with E-state index >= 15 is 0 Å². The molecule has 0 saturated carbocycles. The summed E-state index contributed by atoms with van der Waals surface area (Å²) in [6.45, 7) is 5.34. The first-order valence-electron chi connectivity index (χ1n) is 9.37. The monoisotopic (exact) mass is 507 g/mol. The molecule has 7 heteroatoms. The van der Waals surface area contributed by atoms with Crippen molar-refractivity contribution in [2.75, 3.05) is 13.6 Å². The third-order valence-electron chi connectivity index (χ3n) is 4.49.